The van der Waals surface area contributed by atoms with Crippen molar-refractivity contribution in [2.75, 3.05) is 7.11 Å². The molecular formula is C25H18O3. The first-order valence-corrected chi connectivity index (χ1v) is 9.20. The molecule has 0 spiro atoms. The van der Waals surface area contributed by atoms with Crippen LogP contribution in [0.1, 0.15) is 21.5 Å². The number of carbonyl (C=O) groups excluding carboxylic acids is 1. The fourth-order valence-electron chi connectivity index (χ4n) is 4.08. The van der Waals surface area contributed by atoms with Crippen LogP contribution in [0.4, 0.5) is 0 Å². The van der Waals surface area contributed by atoms with Gasteiger partial charge >= 0.3 is 0 Å². The van der Waals surface area contributed by atoms with Gasteiger partial charge in [0.1, 0.15) is 5.75 Å². The molecule has 0 atom stereocenters. The van der Waals surface area contributed by atoms with Gasteiger partial charge in [0.25, 0.3) is 0 Å². The maximum absolute atomic E-state index is 13.2. The summed E-state index contributed by atoms with van der Waals surface area (Å²) in [6.07, 6.45) is 0. The lowest BCUT2D eigenvalue weighted by molar-refractivity contribution is 0.104. The van der Waals surface area contributed by atoms with Crippen LogP contribution in [0.2, 0.25) is 0 Å². The monoisotopic (exact) mass is 366 g/mol. The number of hydrogen-bond acceptors (Lipinski definition) is 3. The lowest BCUT2D eigenvalue weighted by Gasteiger charge is -2.22. The van der Waals surface area contributed by atoms with Crippen LogP contribution < -0.4 is 4.74 Å². The van der Waals surface area contributed by atoms with Crippen molar-refractivity contribution in [1.29, 1.82) is 0 Å². The Morgan fingerprint density at radius 3 is 2.29 bits per heavy atom. The summed E-state index contributed by atoms with van der Waals surface area (Å²) < 4.78 is 5.32. The van der Waals surface area contributed by atoms with Crippen LogP contribution in [0.3, 0.4) is 0 Å². The first kappa shape index (κ1) is 16.7. The third-order valence-electron chi connectivity index (χ3n) is 5.49. The van der Waals surface area contributed by atoms with Gasteiger partial charge in [-0.2, -0.15) is 0 Å². The van der Waals surface area contributed by atoms with Gasteiger partial charge in [-0.15, -0.1) is 0 Å². The summed E-state index contributed by atoms with van der Waals surface area (Å²) in [5.41, 5.74) is 6.44. The zero-order chi connectivity index (χ0) is 19.3. The van der Waals surface area contributed by atoms with Crippen LogP contribution >= 0.6 is 0 Å². The highest BCUT2D eigenvalue weighted by Gasteiger charge is 2.26. The van der Waals surface area contributed by atoms with Crippen molar-refractivity contribution in [3.63, 3.8) is 0 Å². The molecule has 5 rings (SSSR count). The Balaban J connectivity index is 1.79. The zero-order valence-electron chi connectivity index (χ0n) is 15.4. The molecule has 0 saturated carbocycles. The van der Waals surface area contributed by atoms with E-state index in [4.69, 9.17) is 4.74 Å². The second-order valence-electron chi connectivity index (χ2n) is 6.98. The second kappa shape index (κ2) is 6.32. The quantitative estimate of drug-likeness (QED) is 0.476. The topological polar surface area (TPSA) is 46.5 Å². The summed E-state index contributed by atoms with van der Waals surface area (Å²) in [6, 6.07) is 23.7. The molecule has 0 radical (unpaired) electrons. The predicted octanol–water partition coefficient (Wildman–Crippen LogP) is 5.22. The van der Waals surface area contributed by atoms with Crippen molar-refractivity contribution < 1.29 is 14.6 Å². The molecule has 3 heteroatoms. The summed E-state index contributed by atoms with van der Waals surface area (Å²) in [5, 5.41) is 11.3. The summed E-state index contributed by atoms with van der Waals surface area (Å²) in [6.45, 7) is 0.0266. The molecule has 3 nitrogen and oxygen atoms in total. The van der Waals surface area contributed by atoms with Crippen LogP contribution in [0.15, 0.2) is 72.8 Å². The Bertz CT molecular complexity index is 1240. The largest absolute Gasteiger partial charge is 0.497 e. The normalized spacial score (nSPS) is 12.1. The SMILES string of the molecule is COc1ccc2c(c1)C(=O)c1cccc3c(-c4ccc(CO)cc4)ccc-2c13. The summed E-state index contributed by atoms with van der Waals surface area (Å²) in [5.74, 6) is 0.711. The minimum absolute atomic E-state index is 0.0266. The summed E-state index contributed by atoms with van der Waals surface area (Å²) >= 11 is 0. The van der Waals surface area contributed by atoms with Gasteiger partial charge < -0.3 is 9.84 Å². The fourth-order valence-corrected chi connectivity index (χ4v) is 4.08. The first-order chi connectivity index (χ1) is 13.7. The van der Waals surface area contributed by atoms with Crippen molar-refractivity contribution in [2.45, 2.75) is 6.61 Å². The van der Waals surface area contributed by atoms with Crippen molar-refractivity contribution in [2.24, 2.45) is 0 Å². The van der Waals surface area contributed by atoms with E-state index in [0.29, 0.717) is 11.3 Å². The van der Waals surface area contributed by atoms with E-state index in [1.165, 1.54) is 0 Å². The van der Waals surface area contributed by atoms with Crippen molar-refractivity contribution in [1.82, 2.24) is 0 Å². The average Bonchev–Trinajstić information content (AvgIpc) is 2.76. The number of ketones is 1. The van der Waals surface area contributed by atoms with Crippen molar-refractivity contribution in [3.05, 3.63) is 89.5 Å². The Morgan fingerprint density at radius 2 is 1.54 bits per heavy atom. The maximum atomic E-state index is 13.2. The van der Waals surface area contributed by atoms with Crippen molar-refractivity contribution >= 4 is 16.6 Å². The van der Waals surface area contributed by atoms with Crippen LogP contribution in [-0.2, 0) is 6.61 Å². The molecule has 4 aromatic carbocycles. The molecule has 1 N–H and O–H groups in total. The van der Waals surface area contributed by atoms with E-state index in [9.17, 15) is 9.90 Å². The molecule has 136 valence electrons. The number of aliphatic hydroxyl groups excluding tert-OH is 1. The molecule has 0 aromatic heterocycles. The molecule has 0 saturated heterocycles. The number of methoxy groups -OCH3 is 1. The van der Waals surface area contributed by atoms with Crippen LogP contribution in [0.25, 0.3) is 33.0 Å². The van der Waals surface area contributed by atoms with E-state index in [1.807, 2.05) is 54.6 Å². The van der Waals surface area contributed by atoms with Gasteiger partial charge in [0.05, 0.1) is 13.7 Å². The molecule has 0 amide bonds. The number of rotatable bonds is 3. The Kier molecular flexibility index (Phi) is 3.78. The minimum atomic E-state index is 0.0266. The number of ether oxygens (including phenoxy) is 1. The number of aliphatic hydroxyl groups is 1. The Hall–Kier alpha value is -3.43. The van der Waals surface area contributed by atoms with E-state index in [-0.39, 0.29) is 12.4 Å². The van der Waals surface area contributed by atoms with Gasteiger partial charge in [-0.05, 0) is 51.4 Å². The molecule has 0 bridgehead atoms. The molecule has 0 heterocycles. The lowest BCUT2D eigenvalue weighted by atomic mass is 9.81. The van der Waals surface area contributed by atoms with Crippen LogP contribution in [-0.4, -0.2) is 18.0 Å². The zero-order valence-corrected chi connectivity index (χ0v) is 15.4. The van der Waals surface area contributed by atoms with Crippen molar-refractivity contribution in [3.8, 4) is 28.0 Å². The molecule has 28 heavy (non-hydrogen) atoms. The number of hydrogen-bond donors (Lipinski definition) is 1. The molecule has 0 aliphatic heterocycles. The first-order valence-electron chi connectivity index (χ1n) is 9.20. The highest BCUT2D eigenvalue weighted by atomic mass is 16.5. The Morgan fingerprint density at radius 1 is 0.786 bits per heavy atom. The maximum Gasteiger partial charge on any atom is 0.194 e. The molecule has 1 aliphatic rings. The molecule has 1 aliphatic carbocycles. The average molecular weight is 366 g/mol. The Labute approximate surface area is 162 Å². The standard InChI is InChI=1S/C25H18O3/c1-28-17-9-10-19-21-12-11-18(16-7-5-15(14-26)6-8-16)20-3-2-4-22(24(20)21)25(27)23(19)13-17/h2-13,26H,14H2,1H3. The highest BCUT2D eigenvalue weighted by molar-refractivity contribution is 6.27. The van der Waals surface area contributed by atoms with Crippen LogP contribution in [0.5, 0.6) is 5.75 Å². The number of fused-ring (bicyclic) bond motifs is 2. The predicted molar refractivity (Wildman–Crippen MR) is 111 cm³/mol. The third kappa shape index (κ3) is 2.37. The van der Waals surface area contributed by atoms with Gasteiger partial charge in [0.2, 0.25) is 0 Å². The molecular weight excluding hydrogens is 348 g/mol. The summed E-state index contributed by atoms with van der Waals surface area (Å²) in [7, 11) is 1.61. The molecule has 4 aromatic rings. The van der Waals surface area contributed by atoms with Gasteiger partial charge in [-0.1, -0.05) is 54.6 Å². The highest BCUT2D eigenvalue weighted by Crippen LogP contribution is 2.43. The second-order valence-corrected chi connectivity index (χ2v) is 6.98. The van der Waals surface area contributed by atoms with E-state index < -0.39 is 0 Å². The van der Waals surface area contributed by atoms with Gasteiger partial charge in [0, 0.05) is 16.5 Å². The molecule has 0 unspecified atom stereocenters. The van der Waals surface area contributed by atoms with Gasteiger partial charge in [-0.25, -0.2) is 0 Å². The van der Waals surface area contributed by atoms with E-state index in [2.05, 4.69) is 18.2 Å². The third-order valence-corrected chi connectivity index (χ3v) is 5.49. The van der Waals surface area contributed by atoms with Crippen LogP contribution in [0, 0.1) is 0 Å². The molecule has 0 fully saturated rings. The summed E-state index contributed by atoms with van der Waals surface area (Å²) in [4.78, 5) is 13.2. The van der Waals surface area contributed by atoms with E-state index in [1.54, 1.807) is 7.11 Å². The fraction of sp³-hybridized carbons (Fsp3) is 0.0800. The smallest absolute Gasteiger partial charge is 0.194 e. The van der Waals surface area contributed by atoms with Gasteiger partial charge in [-0.3, -0.25) is 4.79 Å². The number of carbonyl (C=O) groups is 1. The minimum Gasteiger partial charge on any atom is -0.497 e. The van der Waals surface area contributed by atoms with E-state index in [0.717, 1.165) is 44.2 Å². The van der Waals surface area contributed by atoms with Gasteiger partial charge in [0.15, 0.2) is 5.78 Å². The van der Waals surface area contributed by atoms with E-state index >= 15 is 0 Å². The number of benzene rings is 4. The lowest BCUT2D eigenvalue weighted by Crippen LogP contribution is -2.10.